The van der Waals surface area contributed by atoms with Gasteiger partial charge in [0, 0.05) is 6.42 Å². The third-order valence-corrected chi connectivity index (χ3v) is 3.35. The van der Waals surface area contributed by atoms with E-state index in [9.17, 15) is 9.50 Å². The van der Waals surface area contributed by atoms with Crippen LogP contribution < -0.4 is 0 Å². The number of hydrogen-bond acceptors (Lipinski definition) is 1. The molecule has 2 heteroatoms. The second-order valence-corrected chi connectivity index (χ2v) is 5.69. The van der Waals surface area contributed by atoms with E-state index in [1.807, 2.05) is 12.1 Å². The zero-order valence-electron chi connectivity index (χ0n) is 12.0. The monoisotopic (exact) mass is 272 g/mol. The Morgan fingerprint density at radius 2 is 1.35 bits per heavy atom. The molecule has 20 heavy (non-hydrogen) atoms. The van der Waals surface area contributed by atoms with Gasteiger partial charge in [0.15, 0.2) is 0 Å². The molecule has 1 N–H and O–H groups in total. The van der Waals surface area contributed by atoms with Crippen molar-refractivity contribution in [3.05, 3.63) is 71.0 Å². The smallest absolute Gasteiger partial charge is 0.123 e. The second kappa shape index (κ2) is 6.67. The minimum Gasteiger partial charge on any atom is -0.388 e. The highest BCUT2D eigenvalue weighted by molar-refractivity contribution is 5.26. The lowest BCUT2D eigenvalue weighted by Crippen LogP contribution is -2.02. The minimum absolute atomic E-state index is 0.249. The topological polar surface area (TPSA) is 20.2 Å². The Balaban J connectivity index is 2.01. The quantitative estimate of drug-likeness (QED) is 0.860. The fraction of sp³-hybridized carbons (Fsp3) is 0.333. The average Bonchev–Trinajstić information content (AvgIpc) is 2.41. The first kappa shape index (κ1) is 14.7. The molecule has 106 valence electrons. The Morgan fingerprint density at radius 1 is 0.850 bits per heavy atom. The number of aliphatic hydroxyl groups is 1. The van der Waals surface area contributed by atoms with Gasteiger partial charge in [-0.25, -0.2) is 4.39 Å². The van der Waals surface area contributed by atoms with E-state index in [1.165, 1.54) is 17.7 Å². The van der Waals surface area contributed by atoms with Crippen LogP contribution in [0.25, 0.3) is 0 Å². The molecule has 0 aliphatic carbocycles. The van der Waals surface area contributed by atoms with Crippen LogP contribution in [0, 0.1) is 11.7 Å². The van der Waals surface area contributed by atoms with Gasteiger partial charge in [0.25, 0.3) is 0 Å². The molecule has 0 aromatic heterocycles. The average molecular weight is 272 g/mol. The lowest BCUT2D eigenvalue weighted by atomic mass is 9.97. The van der Waals surface area contributed by atoms with Gasteiger partial charge >= 0.3 is 0 Å². The molecule has 0 amide bonds. The number of aliphatic hydroxyl groups excluding tert-OH is 1. The minimum atomic E-state index is -0.548. The SMILES string of the molecule is CC(C)Cc1ccc(C(O)Cc2ccc(F)cc2)cc1. The molecule has 1 unspecified atom stereocenters. The van der Waals surface area contributed by atoms with E-state index in [-0.39, 0.29) is 5.82 Å². The van der Waals surface area contributed by atoms with Crippen LogP contribution in [-0.2, 0) is 12.8 Å². The molecule has 1 atom stereocenters. The van der Waals surface area contributed by atoms with Crippen molar-refractivity contribution in [3.8, 4) is 0 Å². The van der Waals surface area contributed by atoms with Crippen LogP contribution in [0.15, 0.2) is 48.5 Å². The predicted molar refractivity (Wildman–Crippen MR) is 80.0 cm³/mol. The molecule has 0 fully saturated rings. The second-order valence-electron chi connectivity index (χ2n) is 5.69. The van der Waals surface area contributed by atoms with Crippen LogP contribution >= 0.6 is 0 Å². The van der Waals surface area contributed by atoms with E-state index in [0.717, 1.165) is 17.5 Å². The van der Waals surface area contributed by atoms with Crippen molar-refractivity contribution in [2.24, 2.45) is 5.92 Å². The van der Waals surface area contributed by atoms with Crippen LogP contribution in [-0.4, -0.2) is 5.11 Å². The van der Waals surface area contributed by atoms with Crippen molar-refractivity contribution in [3.63, 3.8) is 0 Å². The van der Waals surface area contributed by atoms with Crippen LogP contribution in [0.3, 0.4) is 0 Å². The summed E-state index contributed by atoms with van der Waals surface area (Å²) in [4.78, 5) is 0. The van der Waals surface area contributed by atoms with Gasteiger partial charge in [0.1, 0.15) is 5.82 Å². The van der Waals surface area contributed by atoms with Crippen molar-refractivity contribution in [1.82, 2.24) is 0 Å². The van der Waals surface area contributed by atoms with Gasteiger partial charge in [0.05, 0.1) is 6.10 Å². The van der Waals surface area contributed by atoms with E-state index >= 15 is 0 Å². The predicted octanol–water partition coefficient (Wildman–Crippen LogP) is 4.30. The van der Waals surface area contributed by atoms with Gasteiger partial charge in [-0.2, -0.15) is 0 Å². The highest BCUT2D eigenvalue weighted by Gasteiger charge is 2.09. The fourth-order valence-electron chi connectivity index (χ4n) is 2.31. The van der Waals surface area contributed by atoms with Gasteiger partial charge < -0.3 is 5.11 Å². The van der Waals surface area contributed by atoms with Crippen molar-refractivity contribution in [1.29, 1.82) is 0 Å². The van der Waals surface area contributed by atoms with Crippen LogP contribution in [0.4, 0.5) is 4.39 Å². The van der Waals surface area contributed by atoms with Crippen molar-refractivity contribution < 1.29 is 9.50 Å². The van der Waals surface area contributed by atoms with Crippen LogP contribution in [0.1, 0.15) is 36.6 Å². The maximum absolute atomic E-state index is 12.8. The highest BCUT2D eigenvalue weighted by atomic mass is 19.1. The Morgan fingerprint density at radius 3 is 1.90 bits per heavy atom. The molecule has 0 aliphatic heterocycles. The molecular weight excluding hydrogens is 251 g/mol. The normalized spacial score (nSPS) is 12.7. The third kappa shape index (κ3) is 4.17. The molecule has 2 aromatic rings. The van der Waals surface area contributed by atoms with E-state index in [0.29, 0.717) is 12.3 Å². The molecule has 0 bridgehead atoms. The van der Waals surface area contributed by atoms with E-state index < -0.39 is 6.10 Å². The first-order chi connectivity index (χ1) is 9.54. The molecule has 0 saturated carbocycles. The Hall–Kier alpha value is -1.67. The highest BCUT2D eigenvalue weighted by Crippen LogP contribution is 2.20. The van der Waals surface area contributed by atoms with Crippen molar-refractivity contribution in [2.75, 3.05) is 0 Å². The molecule has 2 rings (SSSR count). The number of hydrogen-bond donors (Lipinski definition) is 1. The summed E-state index contributed by atoms with van der Waals surface area (Å²) in [6.07, 6.45) is 1.01. The van der Waals surface area contributed by atoms with Gasteiger partial charge in [-0.05, 0) is 41.2 Å². The maximum atomic E-state index is 12.8. The zero-order valence-corrected chi connectivity index (χ0v) is 12.0. The molecule has 0 aliphatic rings. The summed E-state index contributed by atoms with van der Waals surface area (Å²) in [7, 11) is 0. The van der Waals surface area contributed by atoms with Crippen LogP contribution in [0.5, 0.6) is 0 Å². The van der Waals surface area contributed by atoms with Crippen molar-refractivity contribution >= 4 is 0 Å². The first-order valence-electron chi connectivity index (χ1n) is 7.06. The summed E-state index contributed by atoms with van der Waals surface area (Å²) in [6.45, 7) is 4.38. The molecular formula is C18H21FO. The summed E-state index contributed by atoms with van der Waals surface area (Å²) >= 11 is 0. The van der Waals surface area contributed by atoms with E-state index in [2.05, 4.69) is 26.0 Å². The molecule has 0 saturated heterocycles. The van der Waals surface area contributed by atoms with Gasteiger partial charge in [-0.3, -0.25) is 0 Å². The summed E-state index contributed by atoms with van der Waals surface area (Å²) < 4.78 is 12.8. The molecule has 1 nitrogen and oxygen atoms in total. The molecule has 0 radical (unpaired) electrons. The largest absolute Gasteiger partial charge is 0.388 e. The number of rotatable bonds is 5. The Bertz CT molecular complexity index is 528. The zero-order chi connectivity index (χ0) is 14.5. The summed E-state index contributed by atoms with van der Waals surface area (Å²) in [5.41, 5.74) is 3.13. The lowest BCUT2D eigenvalue weighted by molar-refractivity contribution is 0.178. The number of benzene rings is 2. The number of halogens is 1. The fourth-order valence-corrected chi connectivity index (χ4v) is 2.31. The van der Waals surface area contributed by atoms with Crippen molar-refractivity contribution in [2.45, 2.75) is 32.8 Å². The Kier molecular flexibility index (Phi) is 4.91. The standard InChI is InChI=1S/C18H21FO/c1-13(2)11-14-3-7-16(8-4-14)18(20)12-15-5-9-17(19)10-6-15/h3-10,13,18,20H,11-12H2,1-2H3. The van der Waals surface area contributed by atoms with Gasteiger partial charge in [0.2, 0.25) is 0 Å². The van der Waals surface area contributed by atoms with Crippen LogP contribution in [0.2, 0.25) is 0 Å². The van der Waals surface area contributed by atoms with Gasteiger partial charge in [-0.1, -0.05) is 50.2 Å². The molecule has 2 aromatic carbocycles. The first-order valence-corrected chi connectivity index (χ1v) is 7.06. The van der Waals surface area contributed by atoms with Gasteiger partial charge in [-0.15, -0.1) is 0 Å². The Labute approximate surface area is 120 Å². The van der Waals surface area contributed by atoms with E-state index in [4.69, 9.17) is 0 Å². The summed E-state index contributed by atoms with van der Waals surface area (Å²) in [5.74, 6) is 0.381. The summed E-state index contributed by atoms with van der Waals surface area (Å²) in [5, 5.41) is 10.2. The molecule has 0 heterocycles. The maximum Gasteiger partial charge on any atom is 0.123 e. The molecule has 0 spiro atoms. The van der Waals surface area contributed by atoms with E-state index in [1.54, 1.807) is 12.1 Å². The lowest BCUT2D eigenvalue weighted by Gasteiger charge is -2.12. The summed E-state index contributed by atoms with van der Waals surface area (Å²) in [6, 6.07) is 14.4. The third-order valence-electron chi connectivity index (χ3n) is 3.35.